The Bertz CT molecular complexity index is 1260. The molecule has 2 N–H and O–H groups in total. The Labute approximate surface area is 211 Å². The maximum absolute atomic E-state index is 14.5. The number of methoxy groups -OCH3 is 1. The number of halogens is 4. The van der Waals surface area contributed by atoms with Gasteiger partial charge in [-0.3, -0.25) is 9.59 Å². The highest BCUT2D eigenvalue weighted by molar-refractivity contribution is 6.34. The van der Waals surface area contributed by atoms with E-state index in [1.807, 2.05) is 0 Å². The van der Waals surface area contributed by atoms with Crippen molar-refractivity contribution >= 4 is 41.5 Å². The van der Waals surface area contributed by atoms with Gasteiger partial charge >= 0.3 is 0 Å². The van der Waals surface area contributed by atoms with Gasteiger partial charge in [0.05, 0.1) is 29.6 Å². The quantitative estimate of drug-likeness (QED) is 0.529. The van der Waals surface area contributed by atoms with Crippen molar-refractivity contribution < 1.29 is 23.1 Å². The van der Waals surface area contributed by atoms with Gasteiger partial charge in [0.15, 0.2) is 17.4 Å². The van der Waals surface area contributed by atoms with E-state index in [1.165, 1.54) is 43.1 Å². The van der Waals surface area contributed by atoms with Crippen LogP contribution in [0.4, 0.5) is 14.5 Å². The van der Waals surface area contributed by atoms with Gasteiger partial charge in [-0.2, -0.15) is 4.39 Å². The third-order valence-electron chi connectivity index (χ3n) is 5.60. The molecule has 0 bridgehead atoms. The van der Waals surface area contributed by atoms with Crippen LogP contribution in [-0.2, 0) is 7.05 Å². The zero-order valence-corrected chi connectivity index (χ0v) is 20.5. The molecule has 0 unspecified atom stereocenters. The minimum absolute atomic E-state index is 0. The number of piperazine rings is 1. The Hall–Kier alpha value is -3.21. The molecule has 186 valence electrons. The van der Waals surface area contributed by atoms with Crippen molar-refractivity contribution in [3.8, 4) is 17.0 Å². The minimum Gasteiger partial charge on any atom is -0.494 e. The normalized spacial score (nSPS) is 13.2. The summed E-state index contributed by atoms with van der Waals surface area (Å²) in [6.45, 7) is 2.62. The molecular formula is C23H23Cl2F2N5O3. The summed E-state index contributed by atoms with van der Waals surface area (Å²) in [5, 5.41) is 6.05. The van der Waals surface area contributed by atoms with Crippen molar-refractivity contribution in [3.63, 3.8) is 0 Å². The third kappa shape index (κ3) is 5.24. The van der Waals surface area contributed by atoms with Crippen molar-refractivity contribution in [2.24, 2.45) is 7.05 Å². The average Bonchev–Trinajstić information content (AvgIpc) is 3.22. The average molecular weight is 526 g/mol. The summed E-state index contributed by atoms with van der Waals surface area (Å²) in [5.74, 6) is -3.24. The van der Waals surface area contributed by atoms with E-state index in [2.05, 4.69) is 15.6 Å². The summed E-state index contributed by atoms with van der Waals surface area (Å²) >= 11 is 6.32. The molecule has 1 fully saturated rings. The summed E-state index contributed by atoms with van der Waals surface area (Å²) in [6, 6.07) is 7.26. The van der Waals surface area contributed by atoms with Gasteiger partial charge in [0.2, 0.25) is 5.82 Å². The molecule has 2 heterocycles. The largest absolute Gasteiger partial charge is 0.494 e. The molecule has 2 aromatic carbocycles. The number of aromatic nitrogens is 2. The lowest BCUT2D eigenvalue weighted by atomic mass is 10.1. The van der Waals surface area contributed by atoms with Gasteiger partial charge < -0.3 is 24.8 Å². The van der Waals surface area contributed by atoms with Crippen molar-refractivity contribution in [3.05, 3.63) is 64.6 Å². The Balaban J connectivity index is 0.00000342. The van der Waals surface area contributed by atoms with Crippen LogP contribution in [0.1, 0.15) is 21.0 Å². The highest BCUT2D eigenvalue weighted by atomic mass is 35.5. The number of nitrogens with zero attached hydrogens (tertiary/aromatic N) is 3. The molecule has 35 heavy (non-hydrogen) atoms. The maximum atomic E-state index is 14.5. The number of carbonyl (C=O) groups excluding carboxylic acids is 2. The molecule has 3 aromatic rings. The third-order valence-corrected chi connectivity index (χ3v) is 5.91. The number of benzene rings is 2. The number of ether oxygens (including phenoxy) is 1. The predicted octanol–water partition coefficient (Wildman–Crippen LogP) is 3.75. The van der Waals surface area contributed by atoms with Crippen LogP contribution < -0.4 is 15.4 Å². The van der Waals surface area contributed by atoms with E-state index in [1.54, 1.807) is 17.0 Å². The van der Waals surface area contributed by atoms with Crippen LogP contribution >= 0.6 is 24.0 Å². The highest BCUT2D eigenvalue weighted by Gasteiger charge is 2.23. The van der Waals surface area contributed by atoms with Crippen LogP contribution in [0, 0.1) is 11.6 Å². The monoisotopic (exact) mass is 525 g/mol. The number of hydrogen-bond donors (Lipinski definition) is 2. The first-order chi connectivity index (χ1) is 16.3. The number of imidazole rings is 1. The molecule has 1 aliphatic heterocycles. The molecule has 0 saturated carbocycles. The van der Waals surface area contributed by atoms with E-state index < -0.39 is 17.5 Å². The van der Waals surface area contributed by atoms with E-state index >= 15 is 0 Å². The lowest BCUT2D eigenvalue weighted by Crippen LogP contribution is -2.46. The fourth-order valence-corrected chi connectivity index (χ4v) is 4.01. The van der Waals surface area contributed by atoms with Crippen molar-refractivity contribution in [2.45, 2.75) is 0 Å². The Kier molecular flexibility index (Phi) is 8.31. The molecule has 1 saturated heterocycles. The van der Waals surface area contributed by atoms with E-state index in [0.29, 0.717) is 24.3 Å². The van der Waals surface area contributed by atoms with Gasteiger partial charge in [0, 0.05) is 44.5 Å². The van der Waals surface area contributed by atoms with Crippen molar-refractivity contribution in [2.75, 3.05) is 38.6 Å². The Morgan fingerprint density at radius 3 is 2.51 bits per heavy atom. The van der Waals surface area contributed by atoms with E-state index in [4.69, 9.17) is 16.3 Å². The standard InChI is InChI=1S/C23H22ClF2N5O3.ClH/c1-30-17(15-5-6-18(34-2)20(26)19(15)25)12-28-21(30)22(32)29-13-3-4-14(16(24)11-13)23(33)31-9-7-27-8-10-31;/h3-6,11-12,27H,7-10H2,1-2H3,(H,29,32);1H. The van der Waals surface area contributed by atoms with Crippen LogP contribution in [0.5, 0.6) is 5.75 Å². The molecular weight excluding hydrogens is 503 g/mol. The Morgan fingerprint density at radius 1 is 1.14 bits per heavy atom. The summed E-state index contributed by atoms with van der Waals surface area (Å²) < 4.78 is 34.8. The van der Waals surface area contributed by atoms with Gasteiger partial charge in [-0.25, -0.2) is 9.37 Å². The lowest BCUT2D eigenvalue weighted by molar-refractivity contribution is 0.0736. The van der Waals surface area contributed by atoms with E-state index in [9.17, 15) is 18.4 Å². The Morgan fingerprint density at radius 2 is 1.86 bits per heavy atom. The topological polar surface area (TPSA) is 88.5 Å². The minimum atomic E-state index is -1.13. The summed E-state index contributed by atoms with van der Waals surface area (Å²) in [5.41, 5.74) is 0.848. The van der Waals surface area contributed by atoms with Crippen LogP contribution in [-0.4, -0.2) is 59.6 Å². The van der Waals surface area contributed by atoms with Crippen LogP contribution in [0.25, 0.3) is 11.3 Å². The zero-order chi connectivity index (χ0) is 24.4. The van der Waals surface area contributed by atoms with Gasteiger partial charge in [0.25, 0.3) is 11.8 Å². The molecule has 8 nitrogen and oxygen atoms in total. The molecule has 12 heteroatoms. The molecule has 0 spiro atoms. The molecule has 1 aliphatic rings. The van der Waals surface area contributed by atoms with E-state index in [0.717, 1.165) is 13.1 Å². The van der Waals surface area contributed by atoms with Crippen LogP contribution in [0.2, 0.25) is 5.02 Å². The first kappa shape index (κ1) is 26.4. The van der Waals surface area contributed by atoms with Gasteiger partial charge in [-0.15, -0.1) is 12.4 Å². The second-order valence-electron chi connectivity index (χ2n) is 7.66. The summed E-state index contributed by atoms with van der Waals surface area (Å²) in [7, 11) is 2.75. The molecule has 0 radical (unpaired) electrons. The van der Waals surface area contributed by atoms with Crippen LogP contribution in [0.3, 0.4) is 0 Å². The highest BCUT2D eigenvalue weighted by Crippen LogP contribution is 2.30. The van der Waals surface area contributed by atoms with Crippen LogP contribution in [0.15, 0.2) is 36.5 Å². The lowest BCUT2D eigenvalue weighted by Gasteiger charge is -2.27. The van der Waals surface area contributed by atoms with Crippen molar-refractivity contribution in [1.82, 2.24) is 19.8 Å². The predicted molar refractivity (Wildman–Crippen MR) is 131 cm³/mol. The number of nitrogens with one attached hydrogen (secondary N) is 2. The SMILES string of the molecule is COc1ccc(-c2cnc(C(=O)Nc3ccc(C(=O)N4CCNCC4)c(Cl)c3)n2C)c(F)c1F.Cl. The molecule has 4 rings (SSSR count). The number of anilines is 1. The molecule has 0 aliphatic carbocycles. The van der Waals surface area contributed by atoms with Gasteiger partial charge in [-0.1, -0.05) is 11.6 Å². The first-order valence-electron chi connectivity index (χ1n) is 10.5. The van der Waals surface area contributed by atoms with Crippen molar-refractivity contribution in [1.29, 1.82) is 0 Å². The fraction of sp³-hybridized carbons (Fsp3) is 0.261. The van der Waals surface area contributed by atoms with Gasteiger partial charge in [-0.05, 0) is 30.3 Å². The number of amides is 2. The smallest absolute Gasteiger partial charge is 0.291 e. The summed E-state index contributed by atoms with van der Waals surface area (Å²) in [6.07, 6.45) is 1.28. The molecule has 0 atom stereocenters. The fourth-order valence-electron chi connectivity index (χ4n) is 3.75. The number of carbonyl (C=O) groups is 2. The number of rotatable bonds is 5. The molecule has 2 amide bonds. The summed E-state index contributed by atoms with van der Waals surface area (Å²) in [4.78, 5) is 31.3. The zero-order valence-electron chi connectivity index (χ0n) is 18.9. The second kappa shape index (κ2) is 11.0. The van der Waals surface area contributed by atoms with Gasteiger partial charge in [0.1, 0.15) is 0 Å². The molecule has 1 aromatic heterocycles. The second-order valence-corrected chi connectivity index (χ2v) is 8.07. The van der Waals surface area contributed by atoms with E-state index in [-0.39, 0.29) is 46.2 Å². The first-order valence-corrected chi connectivity index (χ1v) is 10.8. The number of hydrogen-bond acceptors (Lipinski definition) is 5. The maximum Gasteiger partial charge on any atom is 0.291 e.